The number of benzene rings is 1. The molecule has 0 saturated carbocycles. The molecule has 2 N–H and O–H groups in total. The molecule has 23 heavy (non-hydrogen) atoms. The van der Waals surface area contributed by atoms with Crippen molar-refractivity contribution >= 4 is 10.0 Å². The molecule has 0 radical (unpaired) electrons. The topological polar surface area (TPSA) is 84.1 Å². The van der Waals surface area contributed by atoms with E-state index in [-0.39, 0.29) is 4.90 Å². The number of rotatable bonds is 7. The smallest absolute Gasteiger partial charge is 0.244 e. The molecule has 126 valence electrons. The number of hydrogen-bond acceptors (Lipinski definition) is 4. The van der Waals surface area contributed by atoms with Crippen molar-refractivity contribution in [1.82, 2.24) is 14.9 Å². The third-order valence-corrected chi connectivity index (χ3v) is 5.48. The van der Waals surface area contributed by atoms with Crippen molar-refractivity contribution < 1.29 is 13.2 Å². The zero-order chi connectivity index (χ0) is 17.0. The average molecular weight is 337 g/mol. The van der Waals surface area contributed by atoms with Crippen molar-refractivity contribution in [3.63, 3.8) is 0 Å². The van der Waals surface area contributed by atoms with Crippen molar-refractivity contribution in [1.29, 1.82) is 0 Å². The molecule has 2 rings (SSSR count). The molecule has 1 aromatic carbocycles. The van der Waals surface area contributed by atoms with Crippen molar-refractivity contribution in [2.24, 2.45) is 0 Å². The number of aromatic amines is 1. The fraction of sp³-hybridized carbons (Fsp3) is 0.438. The van der Waals surface area contributed by atoms with E-state index in [0.717, 1.165) is 23.3 Å². The third kappa shape index (κ3) is 3.92. The molecule has 0 bridgehead atoms. The van der Waals surface area contributed by atoms with Gasteiger partial charge < -0.3 is 4.74 Å². The summed E-state index contributed by atoms with van der Waals surface area (Å²) in [4.78, 5) is 0.237. The molecule has 1 aromatic heterocycles. The molecule has 0 aliphatic carbocycles. The predicted octanol–water partition coefficient (Wildman–Crippen LogP) is 2.12. The quantitative estimate of drug-likeness (QED) is 0.810. The van der Waals surface area contributed by atoms with Crippen LogP contribution in [0.15, 0.2) is 23.1 Å². The first-order chi connectivity index (χ1) is 10.9. The first-order valence-electron chi connectivity index (χ1n) is 7.56. The van der Waals surface area contributed by atoms with E-state index >= 15 is 0 Å². The number of methoxy groups -OCH3 is 1. The maximum absolute atomic E-state index is 12.4. The van der Waals surface area contributed by atoms with Gasteiger partial charge in [-0.2, -0.15) is 5.10 Å². The number of nitrogens with one attached hydrogen (secondary N) is 2. The van der Waals surface area contributed by atoms with Crippen LogP contribution in [-0.2, 0) is 22.9 Å². The Kier molecular flexibility index (Phi) is 5.43. The van der Waals surface area contributed by atoms with Crippen molar-refractivity contribution in [3.05, 3.63) is 40.7 Å². The van der Waals surface area contributed by atoms with E-state index in [0.29, 0.717) is 24.4 Å². The number of H-pyrrole nitrogens is 1. The minimum Gasteiger partial charge on any atom is -0.496 e. The summed E-state index contributed by atoms with van der Waals surface area (Å²) in [6, 6.07) is 5.94. The van der Waals surface area contributed by atoms with E-state index in [1.165, 1.54) is 0 Å². The maximum atomic E-state index is 12.4. The number of sulfonamides is 1. The number of hydrogen-bond donors (Lipinski definition) is 2. The van der Waals surface area contributed by atoms with Gasteiger partial charge in [-0.05, 0) is 43.9 Å². The number of aromatic nitrogens is 2. The summed E-state index contributed by atoms with van der Waals surface area (Å²) in [7, 11) is -1.89. The summed E-state index contributed by atoms with van der Waals surface area (Å²) in [6.07, 6.45) is 1.49. The molecule has 0 fully saturated rings. The van der Waals surface area contributed by atoms with Crippen LogP contribution < -0.4 is 9.46 Å². The molecular formula is C16H23N3O3S. The Balaban J connectivity index is 2.05. The molecule has 6 nitrogen and oxygen atoms in total. The first-order valence-corrected chi connectivity index (χ1v) is 9.04. The Hall–Kier alpha value is -1.86. The Morgan fingerprint density at radius 3 is 2.61 bits per heavy atom. The third-order valence-electron chi connectivity index (χ3n) is 3.76. The van der Waals surface area contributed by atoms with Gasteiger partial charge in [-0.1, -0.05) is 19.1 Å². The van der Waals surface area contributed by atoms with Crippen LogP contribution >= 0.6 is 0 Å². The zero-order valence-electron chi connectivity index (χ0n) is 13.9. The normalized spacial score (nSPS) is 11.7. The van der Waals surface area contributed by atoms with E-state index in [1.807, 2.05) is 12.1 Å². The molecule has 0 spiro atoms. The van der Waals surface area contributed by atoms with Gasteiger partial charge in [0, 0.05) is 6.54 Å². The van der Waals surface area contributed by atoms with Gasteiger partial charge in [-0.15, -0.1) is 0 Å². The molecular weight excluding hydrogens is 314 g/mol. The monoisotopic (exact) mass is 337 g/mol. The largest absolute Gasteiger partial charge is 0.496 e. The van der Waals surface area contributed by atoms with Gasteiger partial charge in [0.2, 0.25) is 10.0 Å². The summed E-state index contributed by atoms with van der Waals surface area (Å²) in [5, 5.41) is 6.63. The molecule has 0 saturated heterocycles. The SMILES string of the molecule is CCc1cc(CCNS(=O)(=O)c2c(C)n[nH]c2C)ccc1OC. The van der Waals surface area contributed by atoms with E-state index < -0.39 is 10.0 Å². The molecule has 0 amide bonds. The van der Waals surface area contributed by atoms with Gasteiger partial charge in [0.25, 0.3) is 0 Å². The van der Waals surface area contributed by atoms with Gasteiger partial charge >= 0.3 is 0 Å². The highest BCUT2D eigenvalue weighted by molar-refractivity contribution is 7.89. The van der Waals surface area contributed by atoms with Crippen LogP contribution in [0.1, 0.15) is 29.4 Å². The second-order valence-electron chi connectivity index (χ2n) is 5.41. The van der Waals surface area contributed by atoms with Gasteiger partial charge in [0.05, 0.1) is 18.5 Å². The lowest BCUT2D eigenvalue weighted by Gasteiger charge is -2.10. The second-order valence-corrected chi connectivity index (χ2v) is 7.11. The zero-order valence-corrected chi connectivity index (χ0v) is 14.8. The van der Waals surface area contributed by atoms with Crippen LogP contribution in [0, 0.1) is 13.8 Å². The fourth-order valence-corrected chi connectivity index (χ4v) is 4.00. The van der Waals surface area contributed by atoms with Crippen LogP contribution in [0.4, 0.5) is 0 Å². The summed E-state index contributed by atoms with van der Waals surface area (Å²) in [6.45, 7) is 5.78. The Morgan fingerprint density at radius 1 is 1.30 bits per heavy atom. The molecule has 1 heterocycles. The van der Waals surface area contributed by atoms with Gasteiger partial charge in [-0.3, -0.25) is 5.10 Å². The highest BCUT2D eigenvalue weighted by Crippen LogP contribution is 2.21. The standard InChI is InChI=1S/C16H23N3O3S/c1-5-14-10-13(6-7-15(14)22-4)8-9-17-23(20,21)16-11(2)18-19-12(16)3/h6-7,10,17H,5,8-9H2,1-4H3,(H,18,19). The van der Waals surface area contributed by atoms with Crippen molar-refractivity contribution in [2.75, 3.05) is 13.7 Å². The lowest BCUT2D eigenvalue weighted by Crippen LogP contribution is -2.26. The Labute approximate surface area is 137 Å². The van der Waals surface area contributed by atoms with Gasteiger partial charge in [0.1, 0.15) is 10.6 Å². The van der Waals surface area contributed by atoms with Crippen molar-refractivity contribution in [2.45, 2.75) is 38.5 Å². The molecule has 0 aliphatic rings. The lowest BCUT2D eigenvalue weighted by atomic mass is 10.1. The van der Waals surface area contributed by atoms with Crippen LogP contribution in [0.25, 0.3) is 0 Å². The molecule has 0 unspecified atom stereocenters. The van der Waals surface area contributed by atoms with E-state index in [9.17, 15) is 8.42 Å². The molecule has 0 atom stereocenters. The maximum Gasteiger partial charge on any atom is 0.244 e. The Morgan fingerprint density at radius 2 is 2.04 bits per heavy atom. The number of nitrogens with zero attached hydrogens (tertiary/aromatic N) is 1. The highest BCUT2D eigenvalue weighted by Gasteiger charge is 2.21. The highest BCUT2D eigenvalue weighted by atomic mass is 32.2. The van der Waals surface area contributed by atoms with Crippen LogP contribution in [0.5, 0.6) is 5.75 Å². The van der Waals surface area contributed by atoms with Crippen LogP contribution in [-0.4, -0.2) is 32.3 Å². The summed E-state index contributed by atoms with van der Waals surface area (Å²) >= 11 is 0. The summed E-state index contributed by atoms with van der Waals surface area (Å²) < 4.78 is 32.7. The predicted molar refractivity (Wildman–Crippen MR) is 89.3 cm³/mol. The van der Waals surface area contributed by atoms with E-state index in [1.54, 1.807) is 21.0 Å². The van der Waals surface area contributed by atoms with Crippen molar-refractivity contribution in [3.8, 4) is 5.75 Å². The van der Waals surface area contributed by atoms with E-state index in [4.69, 9.17) is 4.74 Å². The average Bonchev–Trinajstić information content (AvgIpc) is 2.86. The summed E-state index contributed by atoms with van der Waals surface area (Å²) in [5.41, 5.74) is 3.22. The number of aryl methyl sites for hydroxylation is 3. The van der Waals surface area contributed by atoms with E-state index in [2.05, 4.69) is 27.9 Å². The minimum atomic E-state index is -3.55. The van der Waals surface area contributed by atoms with Crippen LogP contribution in [0.2, 0.25) is 0 Å². The molecule has 0 aliphatic heterocycles. The fourth-order valence-electron chi connectivity index (χ4n) is 2.60. The van der Waals surface area contributed by atoms with Crippen LogP contribution in [0.3, 0.4) is 0 Å². The first kappa shape index (κ1) is 17.5. The van der Waals surface area contributed by atoms with Gasteiger partial charge in [-0.25, -0.2) is 13.1 Å². The Bertz CT molecular complexity index is 762. The van der Waals surface area contributed by atoms with Gasteiger partial charge in [0.15, 0.2) is 0 Å². The second kappa shape index (κ2) is 7.14. The molecule has 2 aromatic rings. The summed E-state index contributed by atoms with van der Waals surface area (Å²) in [5.74, 6) is 0.862. The minimum absolute atomic E-state index is 0.237. The lowest BCUT2D eigenvalue weighted by molar-refractivity contribution is 0.410. The molecule has 7 heteroatoms. The number of ether oxygens (including phenoxy) is 1.